The first-order valence-electron chi connectivity index (χ1n) is 6.59. The van der Waals surface area contributed by atoms with Crippen LogP contribution in [-0.4, -0.2) is 26.0 Å². The lowest BCUT2D eigenvalue weighted by Crippen LogP contribution is -2.10. The number of aliphatic hydroxyl groups excluding tert-OH is 1. The fourth-order valence-electron chi connectivity index (χ4n) is 2.73. The van der Waals surface area contributed by atoms with Gasteiger partial charge in [-0.3, -0.25) is 0 Å². The molecule has 0 saturated carbocycles. The van der Waals surface area contributed by atoms with Crippen LogP contribution >= 0.6 is 0 Å². The number of halogens is 2. The topological polar surface area (TPSA) is 54.4 Å². The van der Waals surface area contributed by atoms with E-state index in [0.29, 0.717) is 17.5 Å². The molecule has 0 amide bonds. The molecule has 0 fully saturated rings. The van der Waals surface area contributed by atoms with Crippen LogP contribution in [0.15, 0.2) is 17.0 Å². The summed E-state index contributed by atoms with van der Waals surface area (Å²) in [6.07, 6.45) is -2.56. The van der Waals surface area contributed by atoms with Crippen molar-refractivity contribution in [1.82, 2.24) is 0 Å². The third-order valence-electron chi connectivity index (χ3n) is 3.67. The molecule has 0 radical (unpaired) electrons. The summed E-state index contributed by atoms with van der Waals surface area (Å²) >= 11 is 0. The van der Waals surface area contributed by atoms with E-state index in [-0.39, 0.29) is 23.3 Å². The van der Waals surface area contributed by atoms with Crippen molar-refractivity contribution in [2.45, 2.75) is 49.5 Å². The van der Waals surface area contributed by atoms with Crippen molar-refractivity contribution in [2.75, 3.05) is 6.26 Å². The van der Waals surface area contributed by atoms with Gasteiger partial charge >= 0.3 is 0 Å². The zero-order chi connectivity index (χ0) is 15.1. The summed E-state index contributed by atoms with van der Waals surface area (Å²) in [5.41, 5.74) is 0.651. The first-order chi connectivity index (χ1) is 9.27. The van der Waals surface area contributed by atoms with Gasteiger partial charge in [0.1, 0.15) is 18.4 Å². The lowest BCUT2D eigenvalue weighted by molar-refractivity contribution is 0.0907. The molecular weight excluding hydrogens is 286 g/mol. The Morgan fingerprint density at radius 2 is 2.10 bits per heavy atom. The van der Waals surface area contributed by atoms with Crippen molar-refractivity contribution in [2.24, 2.45) is 0 Å². The van der Waals surface area contributed by atoms with Gasteiger partial charge in [0.2, 0.25) is 0 Å². The van der Waals surface area contributed by atoms with E-state index in [1.165, 1.54) is 12.1 Å². The van der Waals surface area contributed by atoms with Crippen LogP contribution in [0.1, 0.15) is 48.7 Å². The molecule has 0 heterocycles. The maximum Gasteiger partial charge on any atom is 0.175 e. The molecule has 2 rings (SSSR count). The summed E-state index contributed by atoms with van der Waals surface area (Å²) in [7, 11) is -3.59. The van der Waals surface area contributed by atoms with Crippen molar-refractivity contribution >= 4 is 9.84 Å². The first-order valence-corrected chi connectivity index (χ1v) is 8.48. The number of rotatable bonds is 4. The second-order valence-electron chi connectivity index (χ2n) is 5.24. The predicted molar refractivity (Wildman–Crippen MR) is 71.9 cm³/mol. The summed E-state index contributed by atoms with van der Waals surface area (Å²) in [6.45, 7) is 1.84. The molecule has 1 aromatic rings. The van der Waals surface area contributed by atoms with E-state index in [1.807, 2.05) is 6.92 Å². The van der Waals surface area contributed by atoms with Crippen LogP contribution in [0.4, 0.5) is 8.78 Å². The number of hydrogen-bond acceptors (Lipinski definition) is 3. The molecule has 6 heteroatoms. The highest BCUT2D eigenvalue weighted by atomic mass is 32.2. The van der Waals surface area contributed by atoms with E-state index >= 15 is 0 Å². The third-order valence-corrected chi connectivity index (χ3v) is 4.82. The molecule has 1 aliphatic rings. The largest absolute Gasteiger partial charge is 0.385 e. The van der Waals surface area contributed by atoms with Crippen molar-refractivity contribution < 1.29 is 22.3 Å². The summed E-state index contributed by atoms with van der Waals surface area (Å²) in [5.74, 6) is 0. The monoisotopic (exact) mass is 304 g/mol. The second kappa shape index (κ2) is 5.41. The standard InChI is InChI=1S/C14H18F2O3S/c1-3-4-10(15)8-5-6-12(20(2,18)19)13-9(8)7-11(16)14(13)17/h5-6,10-11,14,17H,3-4,7H2,1-2H3/t10-,11+,14+/m0/s1. The van der Waals surface area contributed by atoms with Crippen LogP contribution in [-0.2, 0) is 16.3 Å². The smallest absolute Gasteiger partial charge is 0.175 e. The number of aliphatic hydroxyl groups is 1. The third kappa shape index (κ3) is 2.59. The van der Waals surface area contributed by atoms with Gasteiger partial charge in [0.25, 0.3) is 0 Å². The molecule has 3 atom stereocenters. The number of fused-ring (bicyclic) bond motifs is 1. The van der Waals surface area contributed by atoms with Gasteiger partial charge in [-0.2, -0.15) is 0 Å². The van der Waals surface area contributed by atoms with Crippen LogP contribution in [0.5, 0.6) is 0 Å². The number of benzene rings is 1. The molecule has 0 bridgehead atoms. The van der Waals surface area contributed by atoms with Crippen LogP contribution < -0.4 is 0 Å². The summed E-state index contributed by atoms with van der Waals surface area (Å²) in [6, 6.07) is 2.67. The Morgan fingerprint density at radius 1 is 1.45 bits per heavy atom. The number of alkyl halides is 2. The van der Waals surface area contributed by atoms with E-state index in [4.69, 9.17) is 0 Å². The van der Waals surface area contributed by atoms with Gasteiger partial charge < -0.3 is 5.11 Å². The van der Waals surface area contributed by atoms with Gasteiger partial charge in [0.05, 0.1) is 4.90 Å². The second-order valence-corrected chi connectivity index (χ2v) is 7.22. The van der Waals surface area contributed by atoms with Crippen molar-refractivity contribution in [3.8, 4) is 0 Å². The van der Waals surface area contributed by atoms with Gasteiger partial charge in [-0.1, -0.05) is 19.4 Å². The average Bonchev–Trinajstić information content (AvgIpc) is 2.64. The fourth-order valence-corrected chi connectivity index (χ4v) is 3.68. The molecule has 0 aromatic heterocycles. The van der Waals surface area contributed by atoms with E-state index < -0.39 is 28.3 Å². The molecule has 1 N–H and O–H groups in total. The highest BCUT2D eigenvalue weighted by Gasteiger charge is 2.38. The predicted octanol–water partition coefficient (Wildman–Crippen LogP) is 2.83. The lowest BCUT2D eigenvalue weighted by atomic mass is 9.97. The summed E-state index contributed by atoms with van der Waals surface area (Å²) in [4.78, 5) is -0.104. The highest BCUT2D eigenvalue weighted by molar-refractivity contribution is 7.90. The van der Waals surface area contributed by atoms with Crippen LogP contribution in [0.2, 0.25) is 0 Å². The highest BCUT2D eigenvalue weighted by Crippen LogP contribution is 2.42. The Balaban J connectivity index is 2.63. The molecular formula is C14H18F2O3S. The van der Waals surface area contributed by atoms with E-state index in [2.05, 4.69) is 0 Å². The Morgan fingerprint density at radius 3 is 2.65 bits per heavy atom. The Hall–Kier alpha value is -1.01. The zero-order valence-electron chi connectivity index (χ0n) is 11.4. The number of hydrogen-bond donors (Lipinski definition) is 1. The van der Waals surface area contributed by atoms with Gasteiger partial charge in [0, 0.05) is 18.2 Å². The maximum absolute atomic E-state index is 14.1. The fraction of sp³-hybridized carbons (Fsp3) is 0.571. The first kappa shape index (κ1) is 15.4. The van der Waals surface area contributed by atoms with Gasteiger partial charge in [-0.25, -0.2) is 17.2 Å². The van der Waals surface area contributed by atoms with Gasteiger partial charge in [-0.05, 0) is 23.6 Å². The quantitative estimate of drug-likeness (QED) is 0.930. The van der Waals surface area contributed by atoms with Gasteiger partial charge in [-0.15, -0.1) is 0 Å². The van der Waals surface area contributed by atoms with Crippen LogP contribution in [0.3, 0.4) is 0 Å². The molecule has 112 valence electrons. The summed E-state index contributed by atoms with van der Waals surface area (Å²) in [5, 5.41) is 9.87. The summed E-state index contributed by atoms with van der Waals surface area (Å²) < 4.78 is 51.3. The Labute approximate surface area is 117 Å². The molecule has 0 unspecified atom stereocenters. The van der Waals surface area contributed by atoms with E-state index in [1.54, 1.807) is 0 Å². The molecule has 0 aliphatic heterocycles. The normalized spacial score (nSPS) is 23.6. The minimum atomic E-state index is -3.59. The van der Waals surface area contributed by atoms with E-state index in [9.17, 15) is 22.3 Å². The van der Waals surface area contributed by atoms with Crippen molar-refractivity contribution in [3.05, 3.63) is 28.8 Å². The molecule has 0 spiro atoms. The lowest BCUT2D eigenvalue weighted by Gasteiger charge is -2.16. The van der Waals surface area contributed by atoms with E-state index in [0.717, 1.165) is 6.26 Å². The minimum absolute atomic E-state index is 0.0382. The minimum Gasteiger partial charge on any atom is -0.385 e. The molecule has 0 saturated heterocycles. The van der Waals surface area contributed by atoms with Crippen LogP contribution in [0, 0.1) is 0 Å². The van der Waals surface area contributed by atoms with Gasteiger partial charge in [0.15, 0.2) is 9.84 Å². The molecule has 20 heavy (non-hydrogen) atoms. The Kier molecular flexibility index (Phi) is 4.16. The van der Waals surface area contributed by atoms with Crippen LogP contribution in [0.25, 0.3) is 0 Å². The average molecular weight is 304 g/mol. The molecule has 3 nitrogen and oxygen atoms in total. The number of sulfone groups is 1. The molecule has 1 aliphatic carbocycles. The zero-order valence-corrected chi connectivity index (χ0v) is 12.3. The molecule has 1 aromatic carbocycles. The van der Waals surface area contributed by atoms with Crippen molar-refractivity contribution in [1.29, 1.82) is 0 Å². The SMILES string of the molecule is CCC[C@H](F)c1ccc(S(C)(=O)=O)c2c1C[C@@H](F)[C@H]2O. The van der Waals surface area contributed by atoms with Crippen molar-refractivity contribution in [3.63, 3.8) is 0 Å². The Bertz CT molecular complexity index is 613. The maximum atomic E-state index is 14.1.